The summed E-state index contributed by atoms with van der Waals surface area (Å²) in [7, 11) is 1.67. The van der Waals surface area contributed by atoms with Gasteiger partial charge in [-0.2, -0.15) is 0 Å². The van der Waals surface area contributed by atoms with E-state index < -0.39 is 0 Å². The van der Waals surface area contributed by atoms with Crippen molar-refractivity contribution in [3.63, 3.8) is 0 Å². The lowest BCUT2D eigenvalue weighted by Gasteiger charge is -2.12. The van der Waals surface area contributed by atoms with E-state index >= 15 is 0 Å². The van der Waals surface area contributed by atoms with Gasteiger partial charge < -0.3 is 19.9 Å². The Morgan fingerprint density at radius 1 is 1.10 bits per heavy atom. The normalized spacial score (nSPS) is 10.6. The third kappa shape index (κ3) is 6.26. The maximum atomic E-state index is 8.70. The van der Waals surface area contributed by atoms with E-state index in [1.807, 2.05) is 12.1 Å². The number of nitrogens with one attached hydrogen (secondary N) is 1. The molecule has 1 aromatic carbocycles. The van der Waals surface area contributed by atoms with E-state index in [9.17, 15) is 0 Å². The fraction of sp³-hybridized carbons (Fsp3) is 0.625. The Kier molecular flexibility index (Phi) is 8.83. The number of aliphatic hydroxyl groups is 1. The van der Waals surface area contributed by atoms with E-state index in [0.717, 1.165) is 50.3 Å². The zero-order valence-electron chi connectivity index (χ0n) is 12.7. The third-order valence-corrected chi connectivity index (χ3v) is 3.12. The molecule has 2 N–H and O–H groups in total. The van der Waals surface area contributed by atoms with Crippen LogP contribution in [0.1, 0.15) is 38.2 Å². The van der Waals surface area contributed by atoms with Crippen molar-refractivity contribution in [3.05, 3.63) is 23.8 Å². The number of rotatable bonds is 11. The molecule has 0 saturated carbocycles. The van der Waals surface area contributed by atoms with Crippen molar-refractivity contribution < 1.29 is 14.6 Å². The Morgan fingerprint density at radius 2 is 1.90 bits per heavy atom. The number of benzene rings is 1. The summed E-state index contributed by atoms with van der Waals surface area (Å²) in [5, 5.41) is 12.0. The Bertz CT molecular complexity index is 369. The van der Waals surface area contributed by atoms with Crippen LogP contribution in [0, 0.1) is 0 Å². The van der Waals surface area contributed by atoms with E-state index in [2.05, 4.69) is 18.3 Å². The van der Waals surface area contributed by atoms with Crippen molar-refractivity contribution in [2.75, 3.05) is 26.9 Å². The number of hydrogen-bond donors (Lipinski definition) is 2. The quantitative estimate of drug-likeness (QED) is 0.612. The predicted molar refractivity (Wildman–Crippen MR) is 81.4 cm³/mol. The topological polar surface area (TPSA) is 50.7 Å². The molecule has 0 spiro atoms. The van der Waals surface area contributed by atoms with Crippen LogP contribution in [0.2, 0.25) is 0 Å². The molecular formula is C16H27NO3. The van der Waals surface area contributed by atoms with Crippen molar-refractivity contribution >= 4 is 0 Å². The van der Waals surface area contributed by atoms with Crippen molar-refractivity contribution in [3.8, 4) is 11.5 Å². The predicted octanol–water partition coefficient (Wildman–Crippen LogP) is 2.74. The summed E-state index contributed by atoms with van der Waals surface area (Å²) in [6.45, 7) is 4.85. The van der Waals surface area contributed by atoms with Gasteiger partial charge >= 0.3 is 0 Å². The van der Waals surface area contributed by atoms with Gasteiger partial charge in [-0.15, -0.1) is 0 Å². The van der Waals surface area contributed by atoms with Crippen LogP contribution in [0.4, 0.5) is 0 Å². The van der Waals surface area contributed by atoms with Crippen LogP contribution < -0.4 is 14.8 Å². The number of hydrogen-bond acceptors (Lipinski definition) is 4. The molecule has 0 saturated heterocycles. The molecule has 114 valence electrons. The van der Waals surface area contributed by atoms with Gasteiger partial charge in [0.2, 0.25) is 0 Å². The van der Waals surface area contributed by atoms with Crippen LogP contribution in [-0.4, -0.2) is 32.0 Å². The van der Waals surface area contributed by atoms with Gasteiger partial charge in [-0.25, -0.2) is 0 Å². The maximum absolute atomic E-state index is 8.70. The highest BCUT2D eigenvalue weighted by molar-refractivity contribution is 5.42. The molecule has 4 nitrogen and oxygen atoms in total. The Balaban J connectivity index is 2.40. The average molecular weight is 281 g/mol. The third-order valence-electron chi connectivity index (χ3n) is 3.12. The first kappa shape index (κ1) is 16.8. The van der Waals surface area contributed by atoms with Crippen LogP contribution in [0.3, 0.4) is 0 Å². The second kappa shape index (κ2) is 10.5. The van der Waals surface area contributed by atoms with Crippen molar-refractivity contribution in [1.29, 1.82) is 0 Å². The molecule has 1 rings (SSSR count). The fourth-order valence-corrected chi connectivity index (χ4v) is 1.96. The van der Waals surface area contributed by atoms with Crippen molar-refractivity contribution in [1.82, 2.24) is 5.32 Å². The van der Waals surface area contributed by atoms with Crippen LogP contribution in [0.15, 0.2) is 18.2 Å². The second-order valence-electron chi connectivity index (χ2n) is 4.75. The van der Waals surface area contributed by atoms with Gasteiger partial charge in [-0.3, -0.25) is 0 Å². The van der Waals surface area contributed by atoms with E-state index in [-0.39, 0.29) is 6.61 Å². The molecule has 0 aromatic heterocycles. The number of methoxy groups -OCH3 is 1. The number of unbranched alkanes of at least 4 members (excludes halogenated alkanes) is 3. The molecule has 20 heavy (non-hydrogen) atoms. The fourth-order valence-electron chi connectivity index (χ4n) is 1.96. The first-order valence-corrected chi connectivity index (χ1v) is 7.43. The molecule has 0 fully saturated rings. The largest absolute Gasteiger partial charge is 0.493 e. The van der Waals surface area contributed by atoms with E-state index in [1.165, 1.54) is 5.56 Å². The first-order valence-electron chi connectivity index (χ1n) is 7.43. The SMILES string of the molecule is CCNCc1ccc(OCCCCCCO)c(OC)c1. The molecule has 0 aliphatic carbocycles. The Hall–Kier alpha value is -1.26. The minimum atomic E-state index is 0.280. The highest BCUT2D eigenvalue weighted by Crippen LogP contribution is 2.28. The van der Waals surface area contributed by atoms with Gasteiger partial charge in [0.15, 0.2) is 11.5 Å². The lowest BCUT2D eigenvalue weighted by molar-refractivity contribution is 0.268. The van der Waals surface area contributed by atoms with Crippen molar-refractivity contribution in [2.24, 2.45) is 0 Å². The zero-order chi connectivity index (χ0) is 14.6. The summed E-state index contributed by atoms with van der Waals surface area (Å²) in [5.41, 5.74) is 1.19. The molecule has 0 bridgehead atoms. The molecule has 0 heterocycles. The summed E-state index contributed by atoms with van der Waals surface area (Å²) in [5.74, 6) is 1.59. The first-order chi connectivity index (χ1) is 9.81. The Labute approximate surface area is 122 Å². The molecule has 0 atom stereocenters. The van der Waals surface area contributed by atoms with Crippen molar-refractivity contribution in [2.45, 2.75) is 39.2 Å². The summed E-state index contributed by atoms with van der Waals surface area (Å²) in [4.78, 5) is 0. The van der Waals surface area contributed by atoms with E-state index in [0.29, 0.717) is 6.61 Å². The van der Waals surface area contributed by atoms with Crippen LogP contribution >= 0.6 is 0 Å². The van der Waals surface area contributed by atoms with Crippen LogP contribution in [-0.2, 0) is 6.54 Å². The molecular weight excluding hydrogens is 254 g/mol. The maximum Gasteiger partial charge on any atom is 0.161 e. The van der Waals surface area contributed by atoms with Gasteiger partial charge in [-0.05, 0) is 43.5 Å². The second-order valence-corrected chi connectivity index (χ2v) is 4.75. The summed E-state index contributed by atoms with van der Waals surface area (Å²) < 4.78 is 11.1. The molecule has 0 aliphatic rings. The summed E-state index contributed by atoms with van der Waals surface area (Å²) in [6, 6.07) is 6.05. The zero-order valence-corrected chi connectivity index (χ0v) is 12.7. The monoisotopic (exact) mass is 281 g/mol. The van der Waals surface area contributed by atoms with Crippen LogP contribution in [0.25, 0.3) is 0 Å². The van der Waals surface area contributed by atoms with E-state index in [1.54, 1.807) is 7.11 Å². The van der Waals surface area contributed by atoms with Gasteiger partial charge in [-0.1, -0.05) is 19.4 Å². The van der Waals surface area contributed by atoms with Gasteiger partial charge in [0, 0.05) is 13.2 Å². The molecule has 1 aromatic rings. The minimum absolute atomic E-state index is 0.280. The lowest BCUT2D eigenvalue weighted by Crippen LogP contribution is -2.11. The smallest absolute Gasteiger partial charge is 0.161 e. The molecule has 0 aliphatic heterocycles. The van der Waals surface area contributed by atoms with Gasteiger partial charge in [0.1, 0.15) is 0 Å². The average Bonchev–Trinajstić information content (AvgIpc) is 2.49. The van der Waals surface area contributed by atoms with E-state index in [4.69, 9.17) is 14.6 Å². The molecule has 4 heteroatoms. The Morgan fingerprint density at radius 3 is 2.60 bits per heavy atom. The van der Waals surface area contributed by atoms with Gasteiger partial charge in [0.05, 0.1) is 13.7 Å². The number of ether oxygens (including phenoxy) is 2. The highest BCUT2D eigenvalue weighted by atomic mass is 16.5. The molecule has 0 amide bonds. The van der Waals surface area contributed by atoms with Gasteiger partial charge in [0.25, 0.3) is 0 Å². The lowest BCUT2D eigenvalue weighted by atomic mass is 10.2. The molecule has 0 radical (unpaired) electrons. The summed E-state index contributed by atoms with van der Waals surface area (Å²) >= 11 is 0. The van der Waals surface area contributed by atoms with Crippen LogP contribution in [0.5, 0.6) is 11.5 Å². The minimum Gasteiger partial charge on any atom is -0.493 e. The highest BCUT2D eigenvalue weighted by Gasteiger charge is 2.05. The number of aliphatic hydroxyl groups excluding tert-OH is 1. The molecule has 0 unspecified atom stereocenters. The standard InChI is InChI=1S/C16H27NO3/c1-3-17-13-14-8-9-15(16(12-14)19-2)20-11-7-5-4-6-10-18/h8-9,12,17-18H,3-7,10-11,13H2,1-2H3. The summed E-state index contributed by atoms with van der Waals surface area (Å²) in [6.07, 6.45) is 4.02.